The summed E-state index contributed by atoms with van der Waals surface area (Å²) in [6.07, 6.45) is 16.5. The molecule has 2 aromatic carbocycles. The van der Waals surface area contributed by atoms with Crippen LogP contribution < -0.4 is 4.74 Å². The van der Waals surface area contributed by atoms with E-state index in [0.29, 0.717) is 17.9 Å². The van der Waals surface area contributed by atoms with Crippen LogP contribution in [0, 0.1) is 0 Å². The van der Waals surface area contributed by atoms with Crippen LogP contribution in [0.1, 0.15) is 88.7 Å². The van der Waals surface area contributed by atoms with E-state index in [2.05, 4.69) is 6.92 Å². The van der Waals surface area contributed by atoms with Crippen molar-refractivity contribution in [3.8, 4) is 5.75 Å². The first kappa shape index (κ1) is 28.1. The van der Waals surface area contributed by atoms with Crippen LogP contribution in [0.15, 0.2) is 53.4 Å². The lowest BCUT2D eigenvalue weighted by Gasteiger charge is -2.06. The highest BCUT2D eigenvalue weighted by Gasteiger charge is 2.13. The molecule has 0 atom stereocenters. The molecule has 2 aromatic rings. The van der Waals surface area contributed by atoms with Gasteiger partial charge in [-0.15, -0.1) is 0 Å². The monoisotopic (exact) mass is 486 g/mol. The van der Waals surface area contributed by atoms with Crippen molar-refractivity contribution in [3.05, 3.63) is 59.7 Å². The molecule has 2 rings (SSSR count). The predicted octanol–water partition coefficient (Wildman–Crippen LogP) is 7.31. The minimum Gasteiger partial charge on any atom is -0.494 e. The van der Waals surface area contributed by atoms with E-state index in [1.807, 2.05) is 48.6 Å². The largest absolute Gasteiger partial charge is 0.494 e. The molecule has 0 saturated carbocycles. The van der Waals surface area contributed by atoms with Crippen molar-refractivity contribution in [2.24, 2.45) is 0 Å². The van der Waals surface area contributed by atoms with Crippen molar-refractivity contribution in [1.29, 1.82) is 0 Å². The van der Waals surface area contributed by atoms with Gasteiger partial charge >= 0.3 is 0 Å². The lowest BCUT2D eigenvalue weighted by atomic mass is 10.1. The average Bonchev–Trinajstić information content (AvgIpc) is 2.85. The minimum absolute atomic E-state index is 0.125. The zero-order chi connectivity index (χ0) is 24.5. The van der Waals surface area contributed by atoms with Crippen molar-refractivity contribution >= 4 is 22.0 Å². The Labute approximate surface area is 207 Å². The zero-order valence-electron chi connectivity index (χ0n) is 20.8. The minimum atomic E-state index is -3.22. The van der Waals surface area contributed by atoms with Gasteiger partial charge < -0.3 is 9.84 Å². The van der Waals surface area contributed by atoms with Gasteiger partial charge in [0.05, 0.1) is 17.3 Å². The predicted molar refractivity (Wildman–Crippen MR) is 143 cm³/mol. The van der Waals surface area contributed by atoms with Gasteiger partial charge in [-0.1, -0.05) is 101 Å². The molecule has 5 heteroatoms. The third-order valence-electron chi connectivity index (χ3n) is 5.93. The zero-order valence-corrected chi connectivity index (χ0v) is 21.6. The normalized spacial score (nSPS) is 11.8. The molecule has 1 N–H and O–H groups in total. The van der Waals surface area contributed by atoms with Crippen LogP contribution in [-0.4, -0.2) is 32.5 Å². The number of ether oxygens (including phenoxy) is 1. The Kier molecular flexibility index (Phi) is 13.7. The summed E-state index contributed by atoms with van der Waals surface area (Å²) in [4.78, 5) is 0.407. The van der Waals surface area contributed by atoms with E-state index in [1.54, 1.807) is 12.1 Å². The maximum absolute atomic E-state index is 12.6. The first-order valence-corrected chi connectivity index (χ1v) is 14.5. The van der Waals surface area contributed by atoms with Crippen molar-refractivity contribution in [2.45, 2.75) is 82.4 Å². The van der Waals surface area contributed by atoms with Gasteiger partial charge in [-0.2, -0.15) is 0 Å². The summed E-state index contributed by atoms with van der Waals surface area (Å²) in [5, 5.41) is 8.81. The van der Waals surface area contributed by atoms with Gasteiger partial charge in [-0.05, 0) is 41.8 Å². The molecule has 0 aliphatic heterocycles. The Bertz CT molecular complexity index is 916. The first-order chi connectivity index (χ1) is 16.5. The van der Waals surface area contributed by atoms with E-state index in [0.717, 1.165) is 36.1 Å². The second kappa shape index (κ2) is 16.5. The van der Waals surface area contributed by atoms with Crippen molar-refractivity contribution < 1.29 is 18.3 Å². The van der Waals surface area contributed by atoms with Gasteiger partial charge in [0.2, 0.25) is 0 Å². The van der Waals surface area contributed by atoms with E-state index in [1.165, 1.54) is 44.9 Å². The summed E-state index contributed by atoms with van der Waals surface area (Å²) in [6.45, 7) is 2.86. The maximum atomic E-state index is 12.6. The second-order valence-electron chi connectivity index (χ2n) is 8.90. The number of benzene rings is 2. The summed E-state index contributed by atoms with van der Waals surface area (Å²) >= 11 is 0. The van der Waals surface area contributed by atoms with Gasteiger partial charge in [0, 0.05) is 13.0 Å². The Balaban J connectivity index is 1.72. The Hall–Kier alpha value is -2.11. The maximum Gasteiger partial charge on any atom is 0.178 e. The molecular formula is C29H42O4S. The van der Waals surface area contributed by atoms with E-state index in [-0.39, 0.29) is 12.4 Å². The summed E-state index contributed by atoms with van der Waals surface area (Å²) < 4.78 is 30.8. The number of hydrogen-bond donors (Lipinski definition) is 1. The molecule has 34 heavy (non-hydrogen) atoms. The fraction of sp³-hybridized carbons (Fsp3) is 0.517. The Morgan fingerprint density at radius 2 is 1.21 bits per heavy atom. The number of rotatable bonds is 18. The average molecular weight is 487 g/mol. The molecule has 0 aromatic heterocycles. The summed E-state index contributed by atoms with van der Waals surface area (Å²) in [5.41, 5.74) is 1.99. The molecule has 0 unspecified atom stereocenters. The highest BCUT2D eigenvalue weighted by Crippen LogP contribution is 2.18. The molecule has 0 saturated heterocycles. The van der Waals surface area contributed by atoms with E-state index in [9.17, 15) is 8.42 Å². The molecule has 188 valence electrons. The van der Waals surface area contributed by atoms with Gasteiger partial charge in [-0.25, -0.2) is 8.42 Å². The highest BCUT2D eigenvalue weighted by molar-refractivity contribution is 7.91. The quantitative estimate of drug-likeness (QED) is 0.177. The van der Waals surface area contributed by atoms with Gasteiger partial charge in [0.25, 0.3) is 0 Å². The smallest absolute Gasteiger partial charge is 0.178 e. The van der Waals surface area contributed by atoms with Crippen molar-refractivity contribution in [1.82, 2.24) is 0 Å². The summed E-state index contributed by atoms with van der Waals surface area (Å²) in [7, 11) is -3.22. The van der Waals surface area contributed by atoms with Crippen molar-refractivity contribution in [2.75, 3.05) is 19.0 Å². The SMILES string of the molecule is CCCCCCCCCCCCS(=O)(=O)c1ccc(/C=C/c2ccc(OCCCO)cc2)cc1. The fourth-order valence-corrected chi connectivity index (χ4v) is 5.18. The first-order valence-electron chi connectivity index (χ1n) is 12.9. The molecule has 0 aliphatic carbocycles. The van der Waals surface area contributed by atoms with Gasteiger partial charge in [0.1, 0.15) is 5.75 Å². The van der Waals surface area contributed by atoms with E-state index >= 15 is 0 Å². The standard InChI is InChI=1S/C29H42O4S/c1-2-3-4-5-6-7-8-9-10-11-25-34(31,32)29-21-17-27(18-22-29)14-13-26-15-19-28(20-16-26)33-24-12-23-30/h13-22,30H,2-12,23-25H2,1H3/b14-13+. The summed E-state index contributed by atoms with van der Waals surface area (Å²) in [5.74, 6) is 1.01. The molecule has 0 bridgehead atoms. The Morgan fingerprint density at radius 3 is 1.74 bits per heavy atom. The van der Waals surface area contributed by atoms with Crippen molar-refractivity contribution in [3.63, 3.8) is 0 Å². The number of aliphatic hydroxyl groups excluding tert-OH is 1. The molecule has 4 nitrogen and oxygen atoms in total. The molecule has 0 radical (unpaired) electrons. The molecule has 0 aliphatic rings. The third-order valence-corrected chi connectivity index (χ3v) is 7.74. The topological polar surface area (TPSA) is 63.6 Å². The van der Waals surface area contributed by atoms with Crippen LogP contribution >= 0.6 is 0 Å². The van der Waals surface area contributed by atoms with Gasteiger partial charge in [0.15, 0.2) is 9.84 Å². The molecular weight excluding hydrogens is 444 g/mol. The van der Waals surface area contributed by atoms with Crippen LogP contribution in [0.25, 0.3) is 12.2 Å². The summed E-state index contributed by atoms with van der Waals surface area (Å²) in [6, 6.07) is 14.9. The third kappa shape index (κ3) is 11.3. The van der Waals surface area contributed by atoms with Crippen LogP contribution in [0.3, 0.4) is 0 Å². The van der Waals surface area contributed by atoms with E-state index in [4.69, 9.17) is 9.84 Å². The molecule has 0 heterocycles. The van der Waals surface area contributed by atoms with E-state index < -0.39 is 9.84 Å². The Morgan fingerprint density at radius 1 is 0.706 bits per heavy atom. The van der Waals surface area contributed by atoms with Crippen LogP contribution in [0.4, 0.5) is 0 Å². The highest BCUT2D eigenvalue weighted by atomic mass is 32.2. The lowest BCUT2D eigenvalue weighted by molar-refractivity contribution is 0.233. The number of aliphatic hydroxyl groups is 1. The number of sulfone groups is 1. The second-order valence-corrected chi connectivity index (χ2v) is 11.0. The lowest BCUT2D eigenvalue weighted by Crippen LogP contribution is -2.06. The number of unbranched alkanes of at least 4 members (excludes halogenated alkanes) is 9. The molecule has 0 amide bonds. The molecule has 0 fully saturated rings. The number of hydrogen-bond acceptors (Lipinski definition) is 4. The van der Waals surface area contributed by atoms with Crippen LogP contribution in [-0.2, 0) is 9.84 Å². The van der Waals surface area contributed by atoms with Crippen LogP contribution in [0.2, 0.25) is 0 Å². The fourth-order valence-electron chi connectivity index (χ4n) is 3.81. The molecule has 0 spiro atoms. The van der Waals surface area contributed by atoms with Gasteiger partial charge in [-0.3, -0.25) is 0 Å². The van der Waals surface area contributed by atoms with Crippen LogP contribution in [0.5, 0.6) is 5.75 Å².